The van der Waals surface area contributed by atoms with Gasteiger partial charge in [-0.05, 0) is 57.5 Å². The number of hydrogen-bond acceptors (Lipinski definition) is 3. The second-order valence-electron chi connectivity index (χ2n) is 5.73. The van der Waals surface area contributed by atoms with Crippen molar-refractivity contribution in [3.05, 3.63) is 41.6 Å². The van der Waals surface area contributed by atoms with Crippen molar-refractivity contribution in [2.45, 2.75) is 44.9 Å². The molecule has 2 aromatic rings. The van der Waals surface area contributed by atoms with Crippen LogP contribution in [-0.2, 0) is 4.74 Å². The Kier molecular flexibility index (Phi) is 3.72. The van der Waals surface area contributed by atoms with Gasteiger partial charge in [0.05, 0.1) is 23.8 Å². The summed E-state index contributed by atoms with van der Waals surface area (Å²) in [6, 6.07) is 11.0. The quantitative estimate of drug-likeness (QED) is 0.928. The fraction of sp³-hybridized carbons (Fsp3) is 0.471. The first-order valence-electron chi connectivity index (χ1n) is 7.37. The lowest BCUT2D eigenvalue weighted by Crippen LogP contribution is -2.29. The van der Waals surface area contributed by atoms with Crippen molar-refractivity contribution in [3.8, 4) is 0 Å². The molecule has 1 aliphatic heterocycles. The van der Waals surface area contributed by atoms with E-state index in [1.165, 1.54) is 10.9 Å². The molecule has 1 saturated heterocycles. The summed E-state index contributed by atoms with van der Waals surface area (Å²) in [5, 5.41) is 4.61. The number of ether oxygens (including phenoxy) is 1. The second kappa shape index (κ2) is 5.51. The molecule has 3 atom stereocenters. The van der Waals surface area contributed by atoms with Crippen LogP contribution in [0.25, 0.3) is 10.9 Å². The summed E-state index contributed by atoms with van der Waals surface area (Å²) < 4.78 is 6.02. The molecule has 0 aliphatic carbocycles. The summed E-state index contributed by atoms with van der Waals surface area (Å²) in [5.74, 6) is 0. The maximum absolute atomic E-state index is 6.02. The molecular formula is C17H22N2O. The number of nitrogens with one attached hydrogen (secondary N) is 1. The van der Waals surface area contributed by atoms with Crippen LogP contribution in [0.1, 0.15) is 37.1 Å². The summed E-state index contributed by atoms with van der Waals surface area (Å²) in [5.41, 5.74) is 3.40. The lowest BCUT2D eigenvalue weighted by Gasteiger charge is -2.24. The number of aromatic nitrogens is 1. The first kappa shape index (κ1) is 13.5. The number of likely N-dealkylation sites (N-methyl/N-ethyl adjacent to an activating group) is 1. The normalized spacial score (nSPS) is 24.1. The van der Waals surface area contributed by atoms with E-state index in [1.807, 2.05) is 14.0 Å². The maximum Gasteiger partial charge on any atom is 0.0774 e. The number of benzene rings is 1. The molecule has 0 saturated carbocycles. The van der Waals surface area contributed by atoms with Crippen LogP contribution in [0, 0.1) is 6.92 Å². The SMILES string of the molecule is CNC(c1ccc2nc(C)ccc2c1)C1CCC(C)O1. The van der Waals surface area contributed by atoms with Crippen LogP contribution in [0.15, 0.2) is 30.3 Å². The van der Waals surface area contributed by atoms with E-state index in [0.717, 1.165) is 24.1 Å². The van der Waals surface area contributed by atoms with Crippen LogP contribution in [-0.4, -0.2) is 24.2 Å². The van der Waals surface area contributed by atoms with Gasteiger partial charge in [0.1, 0.15) is 0 Å². The van der Waals surface area contributed by atoms with Crippen molar-refractivity contribution >= 4 is 10.9 Å². The van der Waals surface area contributed by atoms with Gasteiger partial charge in [-0.25, -0.2) is 0 Å². The van der Waals surface area contributed by atoms with E-state index in [4.69, 9.17) is 4.74 Å². The molecular weight excluding hydrogens is 248 g/mol. The molecule has 0 spiro atoms. The van der Waals surface area contributed by atoms with E-state index in [-0.39, 0.29) is 12.1 Å². The van der Waals surface area contributed by atoms with E-state index < -0.39 is 0 Å². The molecule has 1 aromatic carbocycles. The van der Waals surface area contributed by atoms with Gasteiger partial charge in [0.2, 0.25) is 0 Å². The number of pyridine rings is 1. The van der Waals surface area contributed by atoms with Gasteiger partial charge in [0, 0.05) is 11.1 Å². The Morgan fingerprint density at radius 1 is 1.25 bits per heavy atom. The molecule has 0 bridgehead atoms. The standard InChI is InChI=1S/C17H22N2O/c1-11-4-6-13-10-14(7-8-15(13)19-11)17(18-3)16-9-5-12(2)20-16/h4,6-8,10,12,16-18H,5,9H2,1-3H3. The van der Waals surface area contributed by atoms with Crippen LogP contribution < -0.4 is 5.32 Å². The third-order valence-electron chi connectivity index (χ3n) is 4.16. The minimum Gasteiger partial charge on any atom is -0.373 e. The average molecular weight is 270 g/mol. The van der Waals surface area contributed by atoms with Gasteiger partial charge in [-0.2, -0.15) is 0 Å². The summed E-state index contributed by atoms with van der Waals surface area (Å²) in [4.78, 5) is 4.56. The van der Waals surface area contributed by atoms with Gasteiger partial charge in [0.15, 0.2) is 0 Å². The maximum atomic E-state index is 6.02. The Morgan fingerprint density at radius 3 is 2.80 bits per heavy atom. The lowest BCUT2D eigenvalue weighted by atomic mass is 9.97. The van der Waals surface area contributed by atoms with Gasteiger partial charge < -0.3 is 10.1 Å². The molecule has 1 aromatic heterocycles. The fourth-order valence-corrected chi connectivity index (χ4v) is 3.09. The smallest absolute Gasteiger partial charge is 0.0774 e. The van der Waals surface area contributed by atoms with Crippen molar-refractivity contribution in [2.75, 3.05) is 7.05 Å². The molecule has 1 N–H and O–H groups in total. The summed E-state index contributed by atoms with van der Waals surface area (Å²) in [6.45, 7) is 4.18. The molecule has 1 aliphatic rings. The first-order valence-corrected chi connectivity index (χ1v) is 7.37. The van der Waals surface area contributed by atoms with Crippen LogP contribution in [0.4, 0.5) is 0 Å². The Bertz CT molecular complexity index is 611. The summed E-state index contributed by atoms with van der Waals surface area (Å²) in [7, 11) is 2.01. The highest BCUT2D eigenvalue weighted by Gasteiger charge is 2.29. The molecule has 0 radical (unpaired) electrons. The fourth-order valence-electron chi connectivity index (χ4n) is 3.09. The third kappa shape index (κ3) is 2.56. The van der Waals surface area contributed by atoms with Crippen molar-refractivity contribution in [2.24, 2.45) is 0 Å². The van der Waals surface area contributed by atoms with E-state index in [0.29, 0.717) is 6.10 Å². The topological polar surface area (TPSA) is 34.2 Å². The van der Waals surface area contributed by atoms with E-state index in [1.54, 1.807) is 0 Å². The van der Waals surface area contributed by atoms with Crippen molar-refractivity contribution in [3.63, 3.8) is 0 Å². The van der Waals surface area contributed by atoms with Crippen molar-refractivity contribution < 1.29 is 4.74 Å². The largest absolute Gasteiger partial charge is 0.373 e. The Hall–Kier alpha value is -1.45. The predicted octanol–water partition coefficient (Wildman–Crippen LogP) is 3.37. The third-order valence-corrected chi connectivity index (χ3v) is 4.16. The number of aryl methyl sites for hydroxylation is 1. The monoisotopic (exact) mass is 270 g/mol. The molecule has 3 unspecified atom stereocenters. The van der Waals surface area contributed by atoms with Gasteiger partial charge in [0.25, 0.3) is 0 Å². The van der Waals surface area contributed by atoms with Crippen LogP contribution in [0.5, 0.6) is 0 Å². The first-order chi connectivity index (χ1) is 9.67. The molecule has 3 heteroatoms. The van der Waals surface area contributed by atoms with Crippen molar-refractivity contribution in [1.82, 2.24) is 10.3 Å². The summed E-state index contributed by atoms with van der Waals surface area (Å²) in [6.07, 6.45) is 2.92. The highest BCUT2D eigenvalue weighted by atomic mass is 16.5. The number of nitrogens with zero attached hydrogens (tertiary/aromatic N) is 1. The van der Waals surface area contributed by atoms with Gasteiger partial charge >= 0.3 is 0 Å². The zero-order valence-electron chi connectivity index (χ0n) is 12.4. The zero-order chi connectivity index (χ0) is 14.1. The zero-order valence-corrected chi connectivity index (χ0v) is 12.4. The van der Waals surface area contributed by atoms with Gasteiger partial charge in [-0.15, -0.1) is 0 Å². The minimum atomic E-state index is 0.255. The molecule has 3 rings (SSSR count). The Balaban J connectivity index is 1.93. The molecule has 20 heavy (non-hydrogen) atoms. The van der Waals surface area contributed by atoms with Crippen molar-refractivity contribution in [1.29, 1.82) is 0 Å². The van der Waals surface area contributed by atoms with Gasteiger partial charge in [-0.3, -0.25) is 4.98 Å². The van der Waals surface area contributed by atoms with E-state index >= 15 is 0 Å². The average Bonchev–Trinajstić information content (AvgIpc) is 2.86. The molecule has 3 nitrogen and oxygen atoms in total. The molecule has 0 amide bonds. The summed E-state index contributed by atoms with van der Waals surface area (Å²) >= 11 is 0. The van der Waals surface area contributed by atoms with E-state index in [2.05, 4.69) is 47.6 Å². The Morgan fingerprint density at radius 2 is 2.10 bits per heavy atom. The number of rotatable bonds is 3. The number of hydrogen-bond donors (Lipinski definition) is 1. The molecule has 1 fully saturated rings. The molecule has 106 valence electrons. The highest BCUT2D eigenvalue weighted by molar-refractivity contribution is 5.79. The predicted molar refractivity (Wildman–Crippen MR) is 81.8 cm³/mol. The lowest BCUT2D eigenvalue weighted by molar-refractivity contribution is 0.0333. The highest BCUT2D eigenvalue weighted by Crippen LogP contribution is 2.31. The van der Waals surface area contributed by atoms with Crippen LogP contribution >= 0.6 is 0 Å². The van der Waals surface area contributed by atoms with Crippen LogP contribution in [0.2, 0.25) is 0 Å². The second-order valence-corrected chi connectivity index (χ2v) is 5.73. The van der Waals surface area contributed by atoms with Gasteiger partial charge in [-0.1, -0.05) is 12.1 Å². The Labute approximate surface area is 120 Å². The van der Waals surface area contributed by atoms with E-state index in [9.17, 15) is 0 Å². The minimum absolute atomic E-state index is 0.255. The number of fused-ring (bicyclic) bond motifs is 1. The van der Waals surface area contributed by atoms with Crippen LogP contribution in [0.3, 0.4) is 0 Å². The molecule has 2 heterocycles.